The third-order valence-electron chi connectivity index (χ3n) is 3.47. The van der Waals surface area contributed by atoms with Crippen molar-refractivity contribution in [1.29, 1.82) is 0 Å². The van der Waals surface area contributed by atoms with E-state index in [1.54, 1.807) is 6.26 Å². The van der Waals surface area contributed by atoms with Crippen molar-refractivity contribution in [1.82, 2.24) is 5.32 Å². The zero-order valence-corrected chi connectivity index (χ0v) is 11.6. The minimum Gasteiger partial charge on any atom is -0.469 e. The van der Waals surface area contributed by atoms with Crippen LogP contribution < -0.4 is 5.32 Å². The van der Waals surface area contributed by atoms with E-state index in [1.165, 1.54) is 50.5 Å². The lowest BCUT2D eigenvalue weighted by Crippen LogP contribution is -2.16. The molecule has 2 nitrogen and oxygen atoms in total. The van der Waals surface area contributed by atoms with Crippen LogP contribution in [0.15, 0.2) is 16.7 Å². The number of hydrogen-bond donors (Lipinski definition) is 1. The van der Waals surface area contributed by atoms with Gasteiger partial charge in [-0.25, -0.2) is 0 Å². The molecule has 1 aromatic heterocycles. The summed E-state index contributed by atoms with van der Waals surface area (Å²) in [5, 5.41) is 3.39. The van der Waals surface area contributed by atoms with Crippen molar-refractivity contribution in [3.63, 3.8) is 0 Å². The molecule has 0 fully saturated rings. The fourth-order valence-corrected chi connectivity index (χ4v) is 2.34. The Balaban J connectivity index is 2.22. The summed E-state index contributed by atoms with van der Waals surface area (Å²) in [5.41, 5.74) is 1.32. The van der Waals surface area contributed by atoms with Crippen molar-refractivity contribution in [2.45, 2.75) is 64.8 Å². The highest BCUT2D eigenvalue weighted by atomic mass is 16.3. The molecule has 1 aromatic rings. The Morgan fingerprint density at radius 2 is 1.88 bits per heavy atom. The SMILES string of the molecule is CCCCCCCCC(NC)c1ccoc1C. The molecular formula is C15H27NO. The van der Waals surface area contributed by atoms with Crippen LogP contribution in [0.1, 0.15) is 69.2 Å². The van der Waals surface area contributed by atoms with Crippen molar-refractivity contribution < 1.29 is 4.42 Å². The second-order valence-corrected chi connectivity index (χ2v) is 4.83. The summed E-state index contributed by atoms with van der Waals surface area (Å²) in [4.78, 5) is 0. The molecule has 1 rings (SSSR count). The molecule has 0 aliphatic carbocycles. The molecule has 0 aromatic carbocycles. The van der Waals surface area contributed by atoms with Gasteiger partial charge in [-0.2, -0.15) is 0 Å². The van der Waals surface area contributed by atoms with Crippen LogP contribution in [0.3, 0.4) is 0 Å². The Kier molecular flexibility index (Phi) is 7.02. The molecule has 0 spiro atoms. The van der Waals surface area contributed by atoms with E-state index < -0.39 is 0 Å². The third-order valence-corrected chi connectivity index (χ3v) is 3.47. The lowest BCUT2D eigenvalue weighted by atomic mass is 10.0. The van der Waals surface area contributed by atoms with Gasteiger partial charge < -0.3 is 9.73 Å². The maximum absolute atomic E-state index is 5.37. The normalized spacial score (nSPS) is 12.9. The van der Waals surface area contributed by atoms with E-state index in [9.17, 15) is 0 Å². The van der Waals surface area contributed by atoms with Gasteiger partial charge in [-0.3, -0.25) is 0 Å². The predicted octanol–water partition coefficient (Wildman–Crippen LogP) is 4.60. The first-order chi connectivity index (χ1) is 8.29. The predicted molar refractivity (Wildman–Crippen MR) is 73.2 cm³/mol. The van der Waals surface area contributed by atoms with Gasteiger partial charge >= 0.3 is 0 Å². The van der Waals surface area contributed by atoms with Crippen LogP contribution in [-0.2, 0) is 0 Å². The van der Waals surface area contributed by atoms with Gasteiger partial charge in [0.1, 0.15) is 5.76 Å². The number of hydrogen-bond acceptors (Lipinski definition) is 2. The quantitative estimate of drug-likeness (QED) is 0.635. The summed E-state index contributed by atoms with van der Waals surface area (Å²) in [6.07, 6.45) is 11.2. The molecule has 1 N–H and O–H groups in total. The molecule has 2 heteroatoms. The van der Waals surface area contributed by atoms with Crippen LogP contribution in [0, 0.1) is 6.92 Å². The first-order valence-electron chi connectivity index (χ1n) is 7.00. The summed E-state index contributed by atoms with van der Waals surface area (Å²) in [6.45, 7) is 4.31. The Morgan fingerprint density at radius 1 is 1.18 bits per heavy atom. The van der Waals surface area contributed by atoms with Crippen LogP contribution in [0.5, 0.6) is 0 Å². The van der Waals surface area contributed by atoms with E-state index in [-0.39, 0.29) is 0 Å². The number of rotatable bonds is 9. The molecule has 1 unspecified atom stereocenters. The second-order valence-electron chi connectivity index (χ2n) is 4.83. The van der Waals surface area contributed by atoms with Crippen molar-refractivity contribution in [3.05, 3.63) is 23.7 Å². The molecule has 0 bridgehead atoms. The summed E-state index contributed by atoms with van der Waals surface area (Å²) in [5.74, 6) is 1.05. The molecule has 0 saturated heterocycles. The average molecular weight is 237 g/mol. The molecule has 0 aliphatic rings. The maximum Gasteiger partial charge on any atom is 0.105 e. The Morgan fingerprint density at radius 3 is 2.47 bits per heavy atom. The molecule has 0 amide bonds. The second kappa shape index (κ2) is 8.35. The lowest BCUT2D eigenvalue weighted by molar-refractivity contribution is 0.478. The van der Waals surface area contributed by atoms with Crippen molar-refractivity contribution in [3.8, 4) is 0 Å². The largest absolute Gasteiger partial charge is 0.469 e. The van der Waals surface area contributed by atoms with Crippen molar-refractivity contribution >= 4 is 0 Å². The van der Waals surface area contributed by atoms with Crippen LogP contribution in [0.2, 0.25) is 0 Å². The fourth-order valence-electron chi connectivity index (χ4n) is 2.34. The van der Waals surface area contributed by atoms with Crippen LogP contribution in [-0.4, -0.2) is 7.05 Å². The Labute approximate surface area is 106 Å². The van der Waals surface area contributed by atoms with Crippen LogP contribution in [0.25, 0.3) is 0 Å². The zero-order valence-electron chi connectivity index (χ0n) is 11.6. The molecule has 98 valence electrons. The van der Waals surface area contributed by atoms with Gasteiger partial charge in [0.2, 0.25) is 0 Å². The summed E-state index contributed by atoms with van der Waals surface area (Å²) in [6, 6.07) is 2.55. The van der Waals surface area contributed by atoms with Gasteiger partial charge in [-0.1, -0.05) is 45.4 Å². The Hall–Kier alpha value is -0.760. The molecule has 0 saturated carbocycles. The number of aryl methyl sites for hydroxylation is 1. The van der Waals surface area contributed by atoms with E-state index in [4.69, 9.17) is 4.42 Å². The monoisotopic (exact) mass is 237 g/mol. The van der Waals surface area contributed by atoms with Gasteiger partial charge in [-0.05, 0) is 26.5 Å². The smallest absolute Gasteiger partial charge is 0.105 e. The van der Waals surface area contributed by atoms with E-state index >= 15 is 0 Å². The molecule has 1 heterocycles. The molecule has 1 atom stereocenters. The number of unbranched alkanes of at least 4 members (excludes halogenated alkanes) is 5. The minimum absolute atomic E-state index is 0.458. The van der Waals surface area contributed by atoms with Crippen LogP contribution in [0.4, 0.5) is 0 Å². The summed E-state index contributed by atoms with van der Waals surface area (Å²) >= 11 is 0. The zero-order chi connectivity index (χ0) is 12.5. The highest BCUT2D eigenvalue weighted by Crippen LogP contribution is 2.23. The molecular weight excluding hydrogens is 210 g/mol. The van der Waals surface area contributed by atoms with Gasteiger partial charge in [0, 0.05) is 11.6 Å². The van der Waals surface area contributed by atoms with Gasteiger partial charge in [0.25, 0.3) is 0 Å². The van der Waals surface area contributed by atoms with E-state index in [0.717, 1.165) is 5.76 Å². The maximum atomic E-state index is 5.37. The number of nitrogens with one attached hydrogen (secondary N) is 1. The highest BCUT2D eigenvalue weighted by molar-refractivity contribution is 5.19. The summed E-state index contributed by atoms with van der Waals surface area (Å²) in [7, 11) is 2.04. The van der Waals surface area contributed by atoms with E-state index in [1.807, 2.05) is 14.0 Å². The standard InChI is InChI=1S/C15H27NO/c1-4-5-6-7-8-9-10-15(16-3)14-11-12-17-13(14)2/h11-12,15-16H,4-10H2,1-3H3. The first kappa shape index (κ1) is 14.3. The fraction of sp³-hybridized carbons (Fsp3) is 0.733. The topological polar surface area (TPSA) is 25.2 Å². The van der Waals surface area contributed by atoms with Crippen molar-refractivity contribution in [2.24, 2.45) is 0 Å². The minimum atomic E-state index is 0.458. The summed E-state index contributed by atoms with van der Waals surface area (Å²) < 4.78 is 5.37. The lowest BCUT2D eigenvalue weighted by Gasteiger charge is -2.15. The van der Waals surface area contributed by atoms with Crippen molar-refractivity contribution in [2.75, 3.05) is 7.05 Å². The number of furan rings is 1. The first-order valence-corrected chi connectivity index (χ1v) is 7.00. The van der Waals surface area contributed by atoms with Crippen LogP contribution >= 0.6 is 0 Å². The van der Waals surface area contributed by atoms with E-state index in [0.29, 0.717) is 6.04 Å². The van der Waals surface area contributed by atoms with Gasteiger partial charge in [0.05, 0.1) is 6.26 Å². The average Bonchev–Trinajstić information content (AvgIpc) is 2.75. The van der Waals surface area contributed by atoms with Gasteiger partial charge in [-0.15, -0.1) is 0 Å². The molecule has 17 heavy (non-hydrogen) atoms. The third kappa shape index (κ3) is 4.95. The molecule has 0 aliphatic heterocycles. The molecule has 0 radical (unpaired) electrons. The highest BCUT2D eigenvalue weighted by Gasteiger charge is 2.12. The van der Waals surface area contributed by atoms with Gasteiger partial charge in [0.15, 0.2) is 0 Å². The Bertz CT molecular complexity index is 293. The van der Waals surface area contributed by atoms with E-state index in [2.05, 4.69) is 18.3 Å².